The number of carbonyl (C=O) groups is 4. The number of aliphatic hydroxyl groups is 1. The van der Waals surface area contributed by atoms with Crippen LogP contribution in [0.2, 0.25) is 0 Å². The molecule has 1 aromatic carbocycles. The van der Waals surface area contributed by atoms with Crippen LogP contribution in [-0.4, -0.2) is 62.6 Å². The molecule has 0 radical (unpaired) electrons. The monoisotopic (exact) mass is 454 g/mol. The predicted molar refractivity (Wildman–Crippen MR) is 107 cm³/mol. The van der Waals surface area contributed by atoms with Crippen molar-refractivity contribution in [2.24, 2.45) is 0 Å². The van der Waals surface area contributed by atoms with Crippen molar-refractivity contribution in [3.8, 4) is 0 Å². The van der Waals surface area contributed by atoms with Crippen LogP contribution in [0.15, 0.2) is 35.5 Å². The predicted octanol–water partition coefficient (Wildman–Crippen LogP) is 0.761. The summed E-state index contributed by atoms with van der Waals surface area (Å²) in [5.41, 5.74) is 1.23. The van der Waals surface area contributed by atoms with E-state index in [2.05, 4.69) is 5.32 Å². The van der Waals surface area contributed by atoms with Gasteiger partial charge in [-0.15, -0.1) is 23.4 Å². The average Bonchev–Trinajstić information content (AvgIpc) is 2.74. The number of carbonyl (C=O) groups excluding carboxylic acids is 3. The number of fused-ring (bicyclic) bond motifs is 1. The Kier molecular flexibility index (Phi) is 6.69. The van der Waals surface area contributed by atoms with E-state index >= 15 is 0 Å². The van der Waals surface area contributed by atoms with E-state index in [0.717, 1.165) is 10.5 Å². The second-order valence-electron chi connectivity index (χ2n) is 6.71. The number of nitrogens with one attached hydrogen (secondary N) is 1. The fourth-order valence-electron chi connectivity index (χ4n) is 3.16. The number of benzene rings is 1. The Morgan fingerprint density at radius 3 is 2.57 bits per heavy atom. The molecule has 0 bridgehead atoms. The van der Waals surface area contributed by atoms with Gasteiger partial charge in [0.05, 0.1) is 0 Å². The van der Waals surface area contributed by atoms with E-state index in [1.165, 1.54) is 18.7 Å². The molecule has 3 N–H and O–H groups in total. The van der Waals surface area contributed by atoms with Crippen molar-refractivity contribution >= 4 is 47.1 Å². The first-order valence-corrected chi connectivity index (χ1v) is 10.5. The van der Waals surface area contributed by atoms with Crippen molar-refractivity contribution in [1.29, 1.82) is 0 Å². The number of nitrogens with zero attached hydrogens (tertiary/aromatic N) is 1. The highest BCUT2D eigenvalue weighted by atomic mass is 35.5. The van der Waals surface area contributed by atoms with Gasteiger partial charge in [-0.2, -0.15) is 0 Å². The number of ether oxygens (including phenoxy) is 1. The van der Waals surface area contributed by atoms with Crippen molar-refractivity contribution in [3.63, 3.8) is 0 Å². The van der Waals surface area contributed by atoms with E-state index in [1.807, 2.05) is 0 Å². The number of rotatable bonds is 7. The van der Waals surface area contributed by atoms with Crippen molar-refractivity contribution in [3.05, 3.63) is 46.7 Å². The maximum absolute atomic E-state index is 12.6. The van der Waals surface area contributed by atoms with Gasteiger partial charge >= 0.3 is 11.9 Å². The standard InChI is InChI=1S/C19H19ClN2O7S/c1-9(23)29-7-12-8-30-18-13(17(26)22(18)14(12)19(27)28)21-16(25)15(24)11-4-2-10(6-20)3-5-11/h2-5,13,15,18,24H,6-8H2,1H3,(H,21,25)(H,27,28). The SMILES string of the molecule is CC(=O)OCC1=C(C(=O)O)N2C(=O)C(NC(=O)C(O)c3ccc(CCl)cc3)C2SC1. The molecule has 11 heteroatoms. The summed E-state index contributed by atoms with van der Waals surface area (Å²) in [5.74, 6) is -2.74. The molecule has 1 saturated heterocycles. The van der Waals surface area contributed by atoms with Crippen LogP contribution < -0.4 is 5.32 Å². The smallest absolute Gasteiger partial charge is 0.352 e. The van der Waals surface area contributed by atoms with Gasteiger partial charge in [0.15, 0.2) is 6.10 Å². The topological polar surface area (TPSA) is 133 Å². The van der Waals surface area contributed by atoms with Crippen LogP contribution in [-0.2, 0) is 29.8 Å². The number of alkyl halides is 1. The Bertz CT molecular complexity index is 918. The van der Waals surface area contributed by atoms with Crippen LogP contribution in [0.25, 0.3) is 0 Å². The molecule has 2 amide bonds. The lowest BCUT2D eigenvalue weighted by Crippen LogP contribution is -2.71. The average molecular weight is 455 g/mol. The maximum atomic E-state index is 12.6. The minimum atomic E-state index is -1.49. The lowest BCUT2D eigenvalue weighted by atomic mass is 10.0. The molecule has 2 aliphatic heterocycles. The Morgan fingerprint density at radius 2 is 2.00 bits per heavy atom. The molecular weight excluding hydrogens is 436 g/mol. The minimum Gasteiger partial charge on any atom is -0.477 e. The molecule has 160 valence electrons. The highest BCUT2D eigenvalue weighted by Gasteiger charge is 2.54. The highest BCUT2D eigenvalue weighted by molar-refractivity contribution is 8.00. The molecule has 1 aromatic rings. The number of esters is 1. The van der Waals surface area contributed by atoms with Crippen LogP contribution in [0.3, 0.4) is 0 Å². The van der Waals surface area contributed by atoms with Gasteiger partial charge in [-0.25, -0.2) is 4.79 Å². The summed E-state index contributed by atoms with van der Waals surface area (Å²) in [6.45, 7) is 0.975. The van der Waals surface area contributed by atoms with E-state index in [-0.39, 0.29) is 18.1 Å². The maximum Gasteiger partial charge on any atom is 0.352 e. The van der Waals surface area contributed by atoms with Crippen molar-refractivity contribution < 1.29 is 34.1 Å². The van der Waals surface area contributed by atoms with E-state index in [4.69, 9.17) is 16.3 Å². The number of aliphatic carboxylic acids is 1. The molecule has 2 aliphatic rings. The molecule has 3 atom stereocenters. The summed E-state index contributed by atoms with van der Waals surface area (Å²) in [6.07, 6.45) is -1.49. The van der Waals surface area contributed by atoms with Gasteiger partial charge in [-0.1, -0.05) is 24.3 Å². The van der Waals surface area contributed by atoms with E-state index in [9.17, 15) is 29.4 Å². The molecule has 0 aliphatic carbocycles. The number of halogens is 1. The number of carboxylic acid groups (broad SMARTS) is 1. The Labute approximate surface area is 181 Å². The van der Waals surface area contributed by atoms with E-state index in [1.54, 1.807) is 24.3 Å². The first kappa shape index (κ1) is 22.1. The van der Waals surface area contributed by atoms with E-state index < -0.39 is 41.3 Å². The molecule has 0 aromatic heterocycles. The Hall–Kier alpha value is -2.56. The third-order valence-electron chi connectivity index (χ3n) is 4.70. The summed E-state index contributed by atoms with van der Waals surface area (Å²) >= 11 is 6.96. The molecule has 3 unspecified atom stereocenters. The Balaban J connectivity index is 1.70. The zero-order chi connectivity index (χ0) is 22.0. The third kappa shape index (κ3) is 4.30. The van der Waals surface area contributed by atoms with Crippen LogP contribution in [0, 0.1) is 0 Å². The van der Waals surface area contributed by atoms with Crippen molar-refractivity contribution in [1.82, 2.24) is 10.2 Å². The Morgan fingerprint density at radius 1 is 1.33 bits per heavy atom. The molecule has 3 rings (SSSR count). The van der Waals surface area contributed by atoms with Gasteiger partial charge in [-0.3, -0.25) is 19.3 Å². The molecule has 9 nitrogen and oxygen atoms in total. The van der Waals surface area contributed by atoms with Crippen LogP contribution in [0.5, 0.6) is 0 Å². The third-order valence-corrected chi connectivity index (χ3v) is 6.34. The molecular formula is C19H19ClN2O7S. The number of hydrogen-bond donors (Lipinski definition) is 3. The van der Waals surface area contributed by atoms with E-state index in [0.29, 0.717) is 17.0 Å². The number of aliphatic hydroxyl groups excluding tert-OH is 1. The molecule has 0 spiro atoms. The normalized spacial score (nSPS) is 21.4. The summed E-state index contributed by atoms with van der Waals surface area (Å²) < 4.78 is 4.87. The first-order chi connectivity index (χ1) is 14.2. The molecule has 0 saturated carbocycles. The zero-order valence-corrected chi connectivity index (χ0v) is 17.4. The largest absolute Gasteiger partial charge is 0.477 e. The van der Waals surface area contributed by atoms with Gasteiger partial charge in [0.1, 0.15) is 23.7 Å². The zero-order valence-electron chi connectivity index (χ0n) is 15.8. The fourth-order valence-corrected chi connectivity index (χ4v) is 4.66. The van der Waals surface area contributed by atoms with Crippen molar-refractivity contribution in [2.75, 3.05) is 12.4 Å². The lowest BCUT2D eigenvalue weighted by molar-refractivity contribution is -0.152. The van der Waals surface area contributed by atoms with Crippen LogP contribution in [0.4, 0.5) is 0 Å². The van der Waals surface area contributed by atoms with Gasteiger partial charge in [0.2, 0.25) is 0 Å². The van der Waals surface area contributed by atoms with Gasteiger partial charge < -0.3 is 20.3 Å². The first-order valence-electron chi connectivity index (χ1n) is 8.91. The highest BCUT2D eigenvalue weighted by Crippen LogP contribution is 2.40. The number of β-lactam (4-membered cyclic amide) rings is 1. The summed E-state index contributed by atoms with van der Waals surface area (Å²) in [5, 5.41) is 21.7. The lowest BCUT2D eigenvalue weighted by Gasteiger charge is -2.49. The summed E-state index contributed by atoms with van der Waals surface area (Å²) in [4.78, 5) is 48.8. The van der Waals surface area contributed by atoms with Crippen LogP contribution in [0.1, 0.15) is 24.2 Å². The number of amides is 2. The van der Waals surface area contributed by atoms with Crippen molar-refractivity contribution in [2.45, 2.75) is 30.3 Å². The number of hydrogen-bond acceptors (Lipinski definition) is 7. The molecule has 2 heterocycles. The minimum absolute atomic E-state index is 0.220. The van der Waals surface area contributed by atoms with Gasteiger partial charge in [0, 0.05) is 24.1 Å². The molecule has 30 heavy (non-hydrogen) atoms. The fraction of sp³-hybridized carbons (Fsp3) is 0.368. The van der Waals surface area contributed by atoms with Gasteiger partial charge in [-0.05, 0) is 11.1 Å². The quantitative estimate of drug-likeness (QED) is 0.312. The number of carboxylic acids is 1. The molecule has 1 fully saturated rings. The number of thioether (sulfide) groups is 1. The second-order valence-corrected chi connectivity index (χ2v) is 8.08. The van der Waals surface area contributed by atoms with Crippen LogP contribution >= 0.6 is 23.4 Å². The summed E-state index contributed by atoms with van der Waals surface area (Å²) in [6, 6.07) is 5.53. The summed E-state index contributed by atoms with van der Waals surface area (Å²) in [7, 11) is 0. The van der Waals surface area contributed by atoms with Gasteiger partial charge in [0.25, 0.3) is 11.8 Å². The second kappa shape index (κ2) is 9.07.